The van der Waals surface area contributed by atoms with Crippen LogP contribution in [-0.2, 0) is 11.3 Å². The van der Waals surface area contributed by atoms with Gasteiger partial charge in [0.25, 0.3) is 0 Å². The Balaban J connectivity index is 1.76. The Kier molecular flexibility index (Phi) is 3.62. The lowest BCUT2D eigenvalue weighted by atomic mass is 10.2. The molecular formula is C15H15N3O2S. The van der Waals surface area contributed by atoms with Crippen LogP contribution in [0.4, 0.5) is 5.13 Å². The molecule has 0 fully saturated rings. The van der Waals surface area contributed by atoms with Crippen LogP contribution in [0.25, 0.3) is 10.9 Å². The van der Waals surface area contributed by atoms with Gasteiger partial charge in [-0.15, -0.1) is 11.3 Å². The van der Waals surface area contributed by atoms with Crippen LogP contribution >= 0.6 is 11.3 Å². The van der Waals surface area contributed by atoms with Crippen molar-refractivity contribution in [3.8, 4) is 5.75 Å². The average Bonchev–Trinajstić information content (AvgIpc) is 3.05. The molecule has 2 aromatic heterocycles. The van der Waals surface area contributed by atoms with Gasteiger partial charge in [-0.05, 0) is 31.2 Å². The molecule has 0 atom stereocenters. The number of hydrogen-bond donors (Lipinski definition) is 1. The van der Waals surface area contributed by atoms with Crippen molar-refractivity contribution in [2.75, 3.05) is 12.4 Å². The summed E-state index contributed by atoms with van der Waals surface area (Å²) in [5.74, 6) is 0.723. The SMILES string of the molecule is COc1ccc2c(ccn2CC(=O)Nc2ncc(C)s2)c1. The van der Waals surface area contributed by atoms with E-state index >= 15 is 0 Å². The summed E-state index contributed by atoms with van der Waals surface area (Å²) in [6.45, 7) is 2.22. The summed E-state index contributed by atoms with van der Waals surface area (Å²) in [5, 5.41) is 4.49. The number of methoxy groups -OCH3 is 1. The number of ether oxygens (including phenoxy) is 1. The van der Waals surface area contributed by atoms with Crippen LogP contribution in [0.2, 0.25) is 0 Å². The third kappa shape index (κ3) is 2.90. The minimum Gasteiger partial charge on any atom is -0.497 e. The monoisotopic (exact) mass is 301 g/mol. The van der Waals surface area contributed by atoms with Crippen molar-refractivity contribution in [3.63, 3.8) is 0 Å². The van der Waals surface area contributed by atoms with Gasteiger partial charge in [-0.3, -0.25) is 4.79 Å². The highest BCUT2D eigenvalue weighted by Gasteiger charge is 2.09. The van der Waals surface area contributed by atoms with Crippen molar-refractivity contribution in [1.82, 2.24) is 9.55 Å². The van der Waals surface area contributed by atoms with E-state index in [0.717, 1.165) is 21.5 Å². The highest BCUT2D eigenvalue weighted by molar-refractivity contribution is 7.15. The molecule has 0 spiro atoms. The molecule has 2 heterocycles. The Morgan fingerprint density at radius 1 is 1.43 bits per heavy atom. The number of rotatable bonds is 4. The molecule has 6 heteroatoms. The van der Waals surface area contributed by atoms with E-state index in [9.17, 15) is 4.79 Å². The maximum atomic E-state index is 12.1. The van der Waals surface area contributed by atoms with Crippen molar-refractivity contribution in [3.05, 3.63) is 41.5 Å². The zero-order valence-corrected chi connectivity index (χ0v) is 12.6. The standard InChI is InChI=1S/C15H15N3O2S/c1-10-8-16-15(21-10)17-14(19)9-18-6-5-11-7-12(20-2)3-4-13(11)18/h3-8H,9H2,1-2H3,(H,16,17,19). The number of fused-ring (bicyclic) bond motifs is 1. The molecule has 0 unspecified atom stereocenters. The molecule has 1 aromatic carbocycles. The summed E-state index contributed by atoms with van der Waals surface area (Å²) in [7, 11) is 1.64. The maximum absolute atomic E-state index is 12.1. The van der Waals surface area contributed by atoms with Gasteiger partial charge in [-0.2, -0.15) is 0 Å². The molecule has 0 aliphatic heterocycles. The van der Waals surface area contributed by atoms with E-state index in [1.807, 2.05) is 42.0 Å². The summed E-state index contributed by atoms with van der Waals surface area (Å²) in [5.41, 5.74) is 1.00. The van der Waals surface area contributed by atoms with E-state index in [0.29, 0.717) is 5.13 Å². The minimum atomic E-state index is -0.0855. The summed E-state index contributed by atoms with van der Waals surface area (Å²) in [6, 6.07) is 7.77. The fourth-order valence-corrected chi connectivity index (χ4v) is 2.85. The molecule has 1 amide bonds. The number of carbonyl (C=O) groups is 1. The summed E-state index contributed by atoms with van der Waals surface area (Å²) < 4.78 is 7.11. The molecule has 0 saturated carbocycles. The highest BCUT2D eigenvalue weighted by atomic mass is 32.1. The Morgan fingerprint density at radius 3 is 3.00 bits per heavy atom. The molecule has 21 heavy (non-hydrogen) atoms. The van der Waals surface area contributed by atoms with Gasteiger partial charge in [-0.25, -0.2) is 4.98 Å². The van der Waals surface area contributed by atoms with E-state index in [2.05, 4.69) is 10.3 Å². The molecule has 1 N–H and O–H groups in total. The molecule has 108 valence electrons. The van der Waals surface area contributed by atoms with E-state index in [-0.39, 0.29) is 12.5 Å². The first kappa shape index (κ1) is 13.6. The second-order valence-corrected chi connectivity index (χ2v) is 5.93. The largest absolute Gasteiger partial charge is 0.497 e. The number of aryl methyl sites for hydroxylation is 1. The van der Waals surface area contributed by atoms with Crippen molar-refractivity contribution < 1.29 is 9.53 Å². The number of hydrogen-bond acceptors (Lipinski definition) is 4. The van der Waals surface area contributed by atoms with Gasteiger partial charge in [0.1, 0.15) is 12.3 Å². The van der Waals surface area contributed by atoms with Crippen LogP contribution in [0.1, 0.15) is 4.88 Å². The molecule has 0 aliphatic carbocycles. The maximum Gasteiger partial charge on any atom is 0.246 e. The van der Waals surface area contributed by atoms with Crippen LogP contribution in [0.15, 0.2) is 36.7 Å². The predicted octanol–water partition coefficient (Wildman–Crippen LogP) is 3.05. The van der Waals surface area contributed by atoms with E-state index < -0.39 is 0 Å². The number of amides is 1. The van der Waals surface area contributed by atoms with Crippen LogP contribution in [0, 0.1) is 6.92 Å². The molecule has 0 aliphatic rings. The van der Waals surface area contributed by atoms with Crippen LogP contribution in [-0.4, -0.2) is 22.6 Å². The highest BCUT2D eigenvalue weighted by Crippen LogP contribution is 2.22. The Morgan fingerprint density at radius 2 is 2.29 bits per heavy atom. The number of carbonyl (C=O) groups excluding carboxylic acids is 1. The summed E-state index contributed by atoms with van der Waals surface area (Å²) in [6.07, 6.45) is 3.65. The number of nitrogens with one attached hydrogen (secondary N) is 1. The van der Waals surface area contributed by atoms with Gasteiger partial charge in [0.15, 0.2) is 5.13 Å². The normalized spacial score (nSPS) is 10.8. The van der Waals surface area contributed by atoms with Gasteiger partial charge >= 0.3 is 0 Å². The zero-order valence-electron chi connectivity index (χ0n) is 11.8. The first-order chi connectivity index (χ1) is 10.2. The molecule has 3 aromatic rings. The average molecular weight is 301 g/mol. The minimum absolute atomic E-state index is 0.0855. The zero-order chi connectivity index (χ0) is 14.8. The molecule has 0 saturated heterocycles. The fourth-order valence-electron chi connectivity index (χ4n) is 2.17. The van der Waals surface area contributed by atoms with Crippen LogP contribution < -0.4 is 10.1 Å². The van der Waals surface area contributed by atoms with E-state index in [1.165, 1.54) is 11.3 Å². The molecule has 3 rings (SSSR count). The first-order valence-electron chi connectivity index (χ1n) is 6.51. The van der Waals surface area contributed by atoms with Gasteiger partial charge in [0.2, 0.25) is 5.91 Å². The van der Waals surface area contributed by atoms with Gasteiger partial charge in [0.05, 0.1) is 7.11 Å². The van der Waals surface area contributed by atoms with Gasteiger partial charge < -0.3 is 14.6 Å². The Hall–Kier alpha value is -2.34. The lowest BCUT2D eigenvalue weighted by Crippen LogP contribution is -2.17. The quantitative estimate of drug-likeness (QED) is 0.806. The molecular weight excluding hydrogens is 286 g/mol. The summed E-state index contributed by atoms with van der Waals surface area (Å²) in [4.78, 5) is 17.3. The van der Waals surface area contributed by atoms with Gasteiger partial charge in [-0.1, -0.05) is 0 Å². The third-order valence-electron chi connectivity index (χ3n) is 3.16. The number of aromatic nitrogens is 2. The molecule has 5 nitrogen and oxygen atoms in total. The fraction of sp³-hybridized carbons (Fsp3) is 0.200. The number of anilines is 1. The van der Waals surface area contributed by atoms with Gasteiger partial charge in [0, 0.05) is 28.2 Å². The van der Waals surface area contributed by atoms with Crippen molar-refractivity contribution in [1.29, 1.82) is 0 Å². The second kappa shape index (κ2) is 5.57. The summed E-state index contributed by atoms with van der Waals surface area (Å²) >= 11 is 1.47. The van der Waals surface area contributed by atoms with Crippen LogP contribution in [0.5, 0.6) is 5.75 Å². The van der Waals surface area contributed by atoms with E-state index in [4.69, 9.17) is 4.74 Å². The number of thiazole rings is 1. The number of benzene rings is 1. The number of nitrogens with zero attached hydrogens (tertiary/aromatic N) is 2. The molecule has 0 bridgehead atoms. The molecule has 0 radical (unpaired) electrons. The Bertz CT molecular complexity index is 791. The lowest BCUT2D eigenvalue weighted by molar-refractivity contribution is -0.116. The van der Waals surface area contributed by atoms with Crippen LogP contribution in [0.3, 0.4) is 0 Å². The first-order valence-corrected chi connectivity index (χ1v) is 7.32. The van der Waals surface area contributed by atoms with E-state index in [1.54, 1.807) is 13.3 Å². The van der Waals surface area contributed by atoms with Crippen molar-refractivity contribution in [2.24, 2.45) is 0 Å². The smallest absolute Gasteiger partial charge is 0.246 e. The lowest BCUT2D eigenvalue weighted by Gasteiger charge is -2.06. The van der Waals surface area contributed by atoms with Crippen molar-refractivity contribution >= 4 is 33.3 Å². The topological polar surface area (TPSA) is 56.1 Å². The predicted molar refractivity (Wildman–Crippen MR) is 84.0 cm³/mol. The second-order valence-electron chi connectivity index (χ2n) is 4.69. The third-order valence-corrected chi connectivity index (χ3v) is 3.99. The van der Waals surface area contributed by atoms with Crippen molar-refractivity contribution in [2.45, 2.75) is 13.5 Å². The Labute approximate surface area is 126 Å².